The average Bonchev–Trinajstić information content (AvgIpc) is 2.71. The standard InChI is InChI=1S/C23H18N2O2S2/c24-21(26)28-23(29-22(25)27,19-13-5-9-15-7-1-3-11-17(15)19)20-14-6-10-16-8-2-4-12-18(16)20/h1-14H,(H2,24,26)(H2,25,27). The van der Waals surface area contributed by atoms with Crippen molar-refractivity contribution in [3.05, 3.63) is 96.1 Å². The van der Waals surface area contributed by atoms with Crippen LogP contribution < -0.4 is 11.5 Å². The summed E-state index contributed by atoms with van der Waals surface area (Å²) < 4.78 is -1.13. The van der Waals surface area contributed by atoms with Crippen LogP contribution in [0.25, 0.3) is 21.5 Å². The minimum Gasteiger partial charge on any atom is -0.360 e. The van der Waals surface area contributed by atoms with E-state index >= 15 is 0 Å². The minimum absolute atomic E-state index is 0.584. The summed E-state index contributed by atoms with van der Waals surface area (Å²) >= 11 is 1.82. The van der Waals surface area contributed by atoms with Crippen LogP contribution >= 0.6 is 23.5 Å². The molecule has 29 heavy (non-hydrogen) atoms. The summed E-state index contributed by atoms with van der Waals surface area (Å²) in [5, 5.41) is 2.71. The Balaban J connectivity index is 2.14. The molecule has 6 heteroatoms. The number of benzene rings is 4. The Kier molecular flexibility index (Phi) is 5.22. The summed E-state index contributed by atoms with van der Waals surface area (Å²) in [6.45, 7) is 0. The fraction of sp³-hybridized carbons (Fsp3) is 0.0435. The van der Waals surface area contributed by atoms with Crippen molar-refractivity contribution in [3.63, 3.8) is 0 Å². The lowest BCUT2D eigenvalue weighted by molar-refractivity contribution is 0.266. The maximum Gasteiger partial charge on any atom is 0.278 e. The molecule has 0 aliphatic heterocycles. The maximum atomic E-state index is 12.2. The maximum absolute atomic E-state index is 12.2. The molecule has 4 aromatic rings. The molecule has 0 aliphatic carbocycles. The van der Waals surface area contributed by atoms with Gasteiger partial charge in [-0.3, -0.25) is 9.59 Å². The predicted octanol–water partition coefficient (Wildman–Crippen LogP) is 5.82. The Morgan fingerprint density at radius 2 is 0.966 bits per heavy atom. The van der Waals surface area contributed by atoms with E-state index in [1.54, 1.807) is 0 Å². The third-order valence-corrected chi connectivity index (χ3v) is 7.13. The molecule has 0 saturated carbocycles. The van der Waals surface area contributed by atoms with E-state index in [9.17, 15) is 9.59 Å². The third-order valence-electron chi connectivity index (χ3n) is 4.78. The summed E-state index contributed by atoms with van der Waals surface area (Å²) in [4.78, 5) is 24.5. The second-order valence-electron chi connectivity index (χ2n) is 6.51. The number of hydrogen-bond donors (Lipinski definition) is 2. The smallest absolute Gasteiger partial charge is 0.278 e. The van der Waals surface area contributed by atoms with Gasteiger partial charge in [-0.25, -0.2) is 0 Å². The highest BCUT2D eigenvalue weighted by atomic mass is 32.2. The van der Waals surface area contributed by atoms with Gasteiger partial charge >= 0.3 is 0 Å². The fourth-order valence-electron chi connectivity index (χ4n) is 3.69. The number of nitrogens with two attached hydrogens (primary N) is 2. The van der Waals surface area contributed by atoms with E-state index in [2.05, 4.69) is 0 Å². The SMILES string of the molecule is NC(=O)SC(SC(N)=O)(c1cccc2ccccc12)c1cccc2ccccc12. The zero-order valence-corrected chi connectivity index (χ0v) is 17.0. The zero-order valence-electron chi connectivity index (χ0n) is 15.4. The lowest BCUT2D eigenvalue weighted by Crippen LogP contribution is -2.28. The number of fused-ring (bicyclic) bond motifs is 2. The van der Waals surface area contributed by atoms with E-state index in [1.165, 1.54) is 0 Å². The highest BCUT2D eigenvalue weighted by molar-refractivity contribution is 8.30. The molecule has 4 N–H and O–H groups in total. The molecule has 0 atom stereocenters. The number of carbonyl (C=O) groups excluding carboxylic acids is 2. The molecule has 0 saturated heterocycles. The van der Waals surface area contributed by atoms with Gasteiger partial charge < -0.3 is 11.5 Å². The predicted molar refractivity (Wildman–Crippen MR) is 123 cm³/mol. The van der Waals surface area contributed by atoms with E-state index in [4.69, 9.17) is 11.5 Å². The largest absolute Gasteiger partial charge is 0.360 e. The number of primary amides is 2. The lowest BCUT2D eigenvalue weighted by Gasteiger charge is -2.33. The van der Waals surface area contributed by atoms with Crippen molar-refractivity contribution >= 4 is 55.5 Å². The van der Waals surface area contributed by atoms with E-state index in [0.29, 0.717) is 0 Å². The van der Waals surface area contributed by atoms with E-state index < -0.39 is 14.6 Å². The highest BCUT2D eigenvalue weighted by Gasteiger charge is 2.42. The molecule has 0 aromatic heterocycles. The Morgan fingerprint density at radius 3 is 1.38 bits per heavy atom. The van der Waals surface area contributed by atoms with Crippen molar-refractivity contribution in [1.82, 2.24) is 0 Å². The summed E-state index contributed by atoms with van der Waals surface area (Å²) in [6, 6.07) is 27.4. The Bertz CT molecular complexity index is 1130. The normalized spacial score (nSPS) is 11.6. The topological polar surface area (TPSA) is 86.2 Å². The summed E-state index contributed by atoms with van der Waals surface area (Å²) in [5.41, 5.74) is 13.0. The molecule has 0 fully saturated rings. The van der Waals surface area contributed by atoms with Gasteiger partial charge in [0.25, 0.3) is 10.5 Å². The third kappa shape index (κ3) is 3.57. The molecular formula is C23H18N2O2S2. The first-order valence-corrected chi connectivity index (χ1v) is 10.6. The summed E-state index contributed by atoms with van der Waals surface area (Å²) in [7, 11) is 0. The fourth-order valence-corrected chi connectivity index (χ4v) is 6.07. The summed E-state index contributed by atoms with van der Waals surface area (Å²) in [6.07, 6.45) is 0. The van der Waals surface area contributed by atoms with Crippen LogP contribution in [0.15, 0.2) is 84.9 Å². The molecule has 4 rings (SSSR count). The molecular weight excluding hydrogens is 400 g/mol. The first-order chi connectivity index (χ1) is 14.0. The quantitative estimate of drug-likeness (QED) is 0.409. The van der Waals surface area contributed by atoms with Crippen LogP contribution in [0.3, 0.4) is 0 Å². The van der Waals surface area contributed by atoms with Crippen molar-refractivity contribution < 1.29 is 9.59 Å². The molecule has 4 nitrogen and oxygen atoms in total. The van der Waals surface area contributed by atoms with Gasteiger partial charge in [0, 0.05) is 0 Å². The molecule has 0 aliphatic rings. The van der Waals surface area contributed by atoms with E-state index in [0.717, 1.165) is 56.2 Å². The van der Waals surface area contributed by atoms with Gasteiger partial charge in [-0.15, -0.1) is 0 Å². The van der Waals surface area contributed by atoms with E-state index in [-0.39, 0.29) is 0 Å². The van der Waals surface area contributed by atoms with Crippen LogP contribution in [0.1, 0.15) is 11.1 Å². The number of hydrogen-bond acceptors (Lipinski definition) is 4. The van der Waals surface area contributed by atoms with Gasteiger partial charge in [-0.05, 0) is 56.2 Å². The van der Waals surface area contributed by atoms with Crippen molar-refractivity contribution in [2.24, 2.45) is 11.5 Å². The minimum atomic E-state index is -1.13. The number of amides is 2. The van der Waals surface area contributed by atoms with Crippen LogP contribution in [0, 0.1) is 0 Å². The van der Waals surface area contributed by atoms with Crippen molar-refractivity contribution in [2.75, 3.05) is 0 Å². The van der Waals surface area contributed by atoms with E-state index in [1.807, 2.05) is 84.9 Å². The van der Waals surface area contributed by atoms with Crippen molar-refractivity contribution in [1.29, 1.82) is 0 Å². The van der Waals surface area contributed by atoms with Gasteiger partial charge in [-0.1, -0.05) is 84.9 Å². The molecule has 0 spiro atoms. The molecule has 144 valence electrons. The van der Waals surface area contributed by atoms with Crippen LogP contribution in [0.5, 0.6) is 0 Å². The van der Waals surface area contributed by atoms with Crippen molar-refractivity contribution in [2.45, 2.75) is 4.08 Å². The van der Waals surface area contributed by atoms with Gasteiger partial charge in [0.15, 0.2) is 0 Å². The van der Waals surface area contributed by atoms with Crippen molar-refractivity contribution in [3.8, 4) is 0 Å². The zero-order chi connectivity index (χ0) is 20.4. The van der Waals surface area contributed by atoms with Crippen LogP contribution in [-0.2, 0) is 4.08 Å². The summed E-state index contributed by atoms with van der Waals surface area (Å²) in [5.74, 6) is 0. The average molecular weight is 419 g/mol. The second kappa shape index (κ2) is 7.81. The van der Waals surface area contributed by atoms with Gasteiger partial charge in [0.2, 0.25) is 0 Å². The first kappa shape index (κ1) is 19.4. The molecule has 0 bridgehead atoms. The number of thioether (sulfide) groups is 2. The Labute approximate surface area is 176 Å². The number of rotatable bonds is 4. The van der Waals surface area contributed by atoms with Crippen LogP contribution in [0.2, 0.25) is 0 Å². The van der Waals surface area contributed by atoms with Crippen LogP contribution in [-0.4, -0.2) is 10.5 Å². The number of carbonyl (C=O) groups is 2. The molecule has 4 aromatic carbocycles. The molecule has 2 amide bonds. The highest BCUT2D eigenvalue weighted by Crippen LogP contribution is 2.55. The Morgan fingerprint density at radius 1 is 0.586 bits per heavy atom. The lowest BCUT2D eigenvalue weighted by atomic mass is 9.94. The monoisotopic (exact) mass is 418 g/mol. The van der Waals surface area contributed by atoms with Gasteiger partial charge in [-0.2, -0.15) is 0 Å². The Hall–Kier alpha value is -2.96. The molecule has 0 heterocycles. The molecule has 0 radical (unpaired) electrons. The van der Waals surface area contributed by atoms with Gasteiger partial charge in [0.1, 0.15) is 4.08 Å². The molecule has 0 unspecified atom stereocenters. The van der Waals surface area contributed by atoms with Crippen LogP contribution in [0.4, 0.5) is 9.59 Å². The first-order valence-electron chi connectivity index (χ1n) is 8.94. The van der Waals surface area contributed by atoms with Gasteiger partial charge in [0.05, 0.1) is 0 Å². The second-order valence-corrected chi connectivity index (χ2v) is 9.21.